The van der Waals surface area contributed by atoms with Crippen LogP contribution in [0.5, 0.6) is 0 Å². The van der Waals surface area contributed by atoms with Crippen molar-refractivity contribution in [1.29, 1.82) is 0 Å². The predicted molar refractivity (Wildman–Crippen MR) is 115 cm³/mol. The summed E-state index contributed by atoms with van der Waals surface area (Å²) < 4.78 is 2.01. The van der Waals surface area contributed by atoms with E-state index in [9.17, 15) is 9.59 Å². The lowest BCUT2D eigenvalue weighted by molar-refractivity contribution is -0.115. The van der Waals surface area contributed by atoms with Crippen LogP contribution in [0.4, 0.5) is 5.69 Å². The van der Waals surface area contributed by atoms with Crippen molar-refractivity contribution in [3.63, 3.8) is 0 Å². The molecule has 0 fully saturated rings. The molecule has 150 valence electrons. The van der Waals surface area contributed by atoms with Gasteiger partial charge in [0.25, 0.3) is 0 Å². The van der Waals surface area contributed by atoms with Crippen LogP contribution < -0.4 is 11.1 Å². The lowest BCUT2D eigenvalue weighted by Gasteiger charge is -2.13. The molecule has 2 aromatic carbocycles. The highest BCUT2D eigenvalue weighted by Crippen LogP contribution is 2.28. The topological polar surface area (TPSA) is 103 Å². The lowest BCUT2D eigenvalue weighted by Crippen LogP contribution is -2.23. The summed E-state index contributed by atoms with van der Waals surface area (Å²) in [5.74, 6) is 0.128. The van der Waals surface area contributed by atoms with E-state index in [1.165, 1.54) is 11.8 Å². The fourth-order valence-corrected chi connectivity index (χ4v) is 3.77. The van der Waals surface area contributed by atoms with E-state index >= 15 is 0 Å². The molecule has 0 unspecified atom stereocenters. The average molecular weight is 410 g/mol. The number of rotatable bonds is 7. The first kappa shape index (κ1) is 20.6. The smallest absolute Gasteiger partial charge is 0.248 e. The van der Waals surface area contributed by atoms with Crippen LogP contribution in [0.15, 0.2) is 53.7 Å². The number of benzene rings is 2. The molecule has 8 heteroatoms. The van der Waals surface area contributed by atoms with Crippen LogP contribution in [0.1, 0.15) is 29.8 Å². The van der Waals surface area contributed by atoms with Gasteiger partial charge in [0.2, 0.25) is 11.8 Å². The molecule has 7 nitrogen and oxygen atoms in total. The Hall–Kier alpha value is -3.13. The van der Waals surface area contributed by atoms with E-state index < -0.39 is 5.91 Å². The molecule has 0 saturated heterocycles. The molecule has 0 spiro atoms. The zero-order valence-electron chi connectivity index (χ0n) is 16.5. The molecule has 0 aliphatic heterocycles. The van der Waals surface area contributed by atoms with Gasteiger partial charge in [0.1, 0.15) is 0 Å². The quantitative estimate of drug-likeness (QED) is 0.582. The molecule has 29 heavy (non-hydrogen) atoms. The van der Waals surface area contributed by atoms with Gasteiger partial charge in [-0.15, -0.1) is 10.2 Å². The molecule has 1 aromatic heterocycles. The first-order chi connectivity index (χ1) is 13.9. The predicted octanol–water partition coefficient (Wildman–Crippen LogP) is 3.49. The molecular weight excluding hydrogens is 386 g/mol. The first-order valence-electron chi connectivity index (χ1n) is 9.27. The van der Waals surface area contributed by atoms with Gasteiger partial charge in [-0.1, -0.05) is 36.0 Å². The van der Waals surface area contributed by atoms with E-state index in [0.717, 1.165) is 17.0 Å². The highest BCUT2D eigenvalue weighted by molar-refractivity contribution is 8.00. The van der Waals surface area contributed by atoms with Gasteiger partial charge >= 0.3 is 0 Å². The summed E-state index contributed by atoms with van der Waals surface area (Å²) in [6, 6.07) is 14.5. The van der Waals surface area contributed by atoms with Gasteiger partial charge in [-0.05, 0) is 50.6 Å². The van der Waals surface area contributed by atoms with Gasteiger partial charge in [0, 0.05) is 23.4 Å². The van der Waals surface area contributed by atoms with Crippen molar-refractivity contribution >= 4 is 29.3 Å². The number of nitrogens with zero attached hydrogens (tertiary/aromatic N) is 3. The number of primary amides is 1. The van der Waals surface area contributed by atoms with Crippen LogP contribution in [-0.4, -0.2) is 31.8 Å². The minimum Gasteiger partial charge on any atom is -0.366 e. The summed E-state index contributed by atoms with van der Waals surface area (Å²) in [4.78, 5) is 23.7. The van der Waals surface area contributed by atoms with Crippen molar-refractivity contribution in [2.24, 2.45) is 5.73 Å². The molecular formula is C21H23N5O2S. The first-order valence-corrected chi connectivity index (χ1v) is 10.1. The van der Waals surface area contributed by atoms with Gasteiger partial charge in [-0.2, -0.15) is 0 Å². The molecule has 2 amide bonds. The zero-order valence-corrected chi connectivity index (χ0v) is 17.4. The number of anilines is 1. The summed E-state index contributed by atoms with van der Waals surface area (Å²) in [5, 5.41) is 11.8. The Morgan fingerprint density at radius 2 is 1.83 bits per heavy atom. The van der Waals surface area contributed by atoms with Crippen LogP contribution >= 0.6 is 11.8 Å². The summed E-state index contributed by atoms with van der Waals surface area (Å²) in [5.41, 5.74) is 8.38. The molecule has 0 radical (unpaired) electrons. The highest BCUT2D eigenvalue weighted by Gasteiger charge is 2.21. The molecule has 0 saturated carbocycles. The second kappa shape index (κ2) is 8.91. The van der Waals surface area contributed by atoms with E-state index in [-0.39, 0.29) is 11.2 Å². The minimum atomic E-state index is -0.504. The Labute approximate surface area is 173 Å². The summed E-state index contributed by atoms with van der Waals surface area (Å²) in [6.45, 7) is 6.58. The van der Waals surface area contributed by atoms with E-state index in [1.54, 1.807) is 24.3 Å². The van der Waals surface area contributed by atoms with Crippen LogP contribution in [0.3, 0.4) is 0 Å². The standard InChI is InChI=1S/C21H23N5O2S/c1-4-26-19(17-8-6-5-7-13(17)2)24-25-21(26)29-14(3)20(28)23-16-11-9-15(10-12-16)18(22)27/h5-12,14H,4H2,1-3H3,(H2,22,27)(H,23,28)/t14-/m0/s1. The van der Waals surface area contributed by atoms with E-state index in [2.05, 4.69) is 15.5 Å². The normalized spacial score (nSPS) is 11.8. The van der Waals surface area contributed by atoms with Gasteiger partial charge < -0.3 is 15.6 Å². The number of hydrogen-bond acceptors (Lipinski definition) is 5. The van der Waals surface area contributed by atoms with Gasteiger partial charge in [0.05, 0.1) is 5.25 Å². The second-order valence-electron chi connectivity index (χ2n) is 6.56. The van der Waals surface area contributed by atoms with E-state index in [4.69, 9.17) is 5.73 Å². The molecule has 0 aliphatic rings. The Morgan fingerprint density at radius 1 is 1.14 bits per heavy atom. The number of carbonyl (C=O) groups excluding carboxylic acids is 2. The van der Waals surface area contributed by atoms with E-state index in [0.29, 0.717) is 23.0 Å². The van der Waals surface area contributed by atoms with Gasteiger partial charge in [-0.25, -0.2) is 0 Å². The van der Waals surface area contributed by atoms with Crippen molar-refractivity contribution in [3.8, 4) is 11.4 Å². The Bertz CT molecular complexity index is 1030. The number of carbonyl (C=O) groups is 2. The SMILES string of the molecule is CCn1c(S[C@@H](C)C(=O)Nc2ccc(C(N)=O)cc2)nnc1-c1ccccc1C. The van der Waals surface area contributed by atoms with Gasteiger partial charge in [-0.3, -0.25) is 9.59 Å². The number of nitrogens with two attached hydrogens (primary N) is 1. The number of nitrogens with one attached hydrogen (secondary N) is 1. The Kier molecular flexibility index (Phi) is 6.33. The van der Waals surface area contributed by atoms with Crippen molar-refractivity contribution < 1.29 is 9.59 Å². The molecule has 1 atom stereocenters. The number of hydrogen-bond donors (Lipinski definition) is 2. The summed E-state index contributed by atoms with van der Waals surface area (Å²) >= 11 is 1.35. The zero-order chi connectivity index (χ0) is 21.0. The molecule has 3 N–H and O–H groups in total. The van der Waals surface area contributed by atoms with Crippen LogP contribution in [0.2, 0.25) is 0 Å². The number of aromatic nitrogens is 3. The molecule has 0 bridgehead atoms. The third-order valence-corrected chi connectivity index (χ3v) is 5.59. The van der Waals surface area contributed by atoms with Crippen LogP contribution in [0, 0.1) is 6.92 Å². The van der Waals surface area contributed by atoms with Gasteiger partial charge in [0.15, 0.2) is 11.0 Å². The number of aryl methyl sites for hydroxylation is 1. The molecule has 0 aliphatic carbocycles. The maximum atomic E-state index is 12.6. The average Bonchev–Trinajstić information content (AvgIpc) is 3.10. The van der Waals surface area contributed by atoms with E-state index in [1.807, 2.05) is 49.6 Å². The summed E-state index contributed by atoms with van der Waals surface area (Å²) in [6.07, 6.45) is 0. The summed E-state index contributed by atoms with van der Waals surface area (Å²) in [7, 11) is 0. The monoisotopic (exact) mass is 409 g/mol. The van der Waals surface area contributed by atoms with Crippen molar-refractivity contribution in [3.05, 3.63) is 59.7 Å². The second-order valence-corrected chi connectivity index (χ2v) is 7.86. The molecule has 3 aromatic rings. The van der Waals surface area contributed by atoms with Crippen molar-refractivity contribution in [2.75, 3.05) is 5.32 Å². The number of thioether (sulfide) groups is 1. The maximum Gasteiger partial charge on any atom is 0.248 e. The largest absolute Gasteiger partial charge is 0.366 e. The molecule has 3 rings (SSSR count). The molecule has 1 heterocycles. The third-order valence-electron chi connectivity index (χ3n) is 4.51. The number of amides is 2. The lowest BCUT2D eigenvalue weighted by atomic mass is 10.1. The van der Waals surface area contributed by atoms with Crippen molar-refractivity contribution in [1.82, 2.24) is 14.8 Å². The fourth-order valence-electron chi connectivity index (χ4n) is 2.86. The van der Waals surface area contributed by atoms with Crippen molar-refractivity contribution in [2.45, 2.75) is 37.7 Å². The fraction of sp³-hybridized carbons (Fsp3) is 0.238. The third kappa shape index (κ3) is 4.65. The van der Waals surface area contributed by atoms with Crippen LogP contribution in [-0.2, 0) is 11.3 Å². The van der Waals surface area contributed by atoms with Crippen LogP contribution in [0.25, 0.3) is 11.4 Å². The Morgan fingerprint density at radius 3 is 2.45 bits per heavy atom. The highest BCUT2D eigenvalue weighted by atomic mass is 32.2. The minimum absolute atomic E-state index is 0.162. The maximum absolute atomic E-state index is 12.6. The Balaban J connectivity index is 1.73.